The summed E-state index contributed by atoms with van der Waals surface area (Å²) in [6, 6.07) is 30.0. The van der Waals surface area contributed by atoms with Gasteiger partial charge in [0.25, 0.3) is 0 Å². The molecule has 0 heterocycles. The first-order valence-corrected chi connectivity index (χ1v) is 8.92. The van der Waals surface area contributed by atoms with Crippen molar-refractivity contribution in [3.8, 4) is 17.9 Å². The molecule has 0 unspecified atom stereocenters. The minimum Gasteiger partial charge on any atom is -0.489 e. The van der Waals surface area contributed by atoms with E-state index in [1.165, 1.54) is 21.5 Å². The Morgan fingerprint density at radius 2 is 1.36 bits per heavy atom. The van der Waals surface area contributed by atoms with E-state index in [0.717, 1.165) is 16.9 Å². The Hall–Kier alpha value is -4.08. The summed E-state index contributed by atoms with van der Waals surface area (Å²) >= 11 is 0. The summed E-state index contributed by atoms with van der Waals surface area (Å²) in [6.45, 7) is 0.457. The van der Waals surface area contributed by atoms with Gasteiger partial charge in [0.05, 0.1) is 0 Å². The Labute approximate surface area is 163 Å². The van der Waals surface area contributed by atoms with Gasteiger partial charge < -0.3 is 4.74 Å². The Bertz CT molecular complexity index is 1200. The fourth-order valence-corrected chi connectivity index (χ4v) is 3.34. The molecule has 4 aromatic carbocycles. The van der Waals surface area contributed by atoms with Crippen molar-refractivity contribution in [2.24, 2.45) is 0 Å². The van der Waals surface area contributed by atoms with Crippen molar-refractivity contribution in [3.05, 3.63) is 95.6 Å². The van der Waals surface area contributed by atoms with E-state index < -0.39 is 0 Å². The second-order valence-electron chi connectivity index (χ2n) is 6.44. The lowest BCUT2D eigenvalue weighted by atomic mass is 9.97. The van der Waals surface area contributed by atoms with E-state index in [1.807, 2.05) is 60.7 Å². The smallest absolute Gasteiger partial charge is 0.130 e. The SMILES string of the molecule is N#CC(C#N)=Cc1ccc(OCc2c3ccccc3cc3ccccc23)cc1. The van der Waals surface area contributed by atoms with Gasteiger partial charge in [-0.1, -0.05) is 60.7 Å². The van der Waals surface area contributed by atoms with Crippen LogP contribution in [0.3, 0.4) is 0 Å². The lowest BCUT2D eigenvalue weighted by Gasteiger charge is -2.13. The highest BCUT2D eigenvalue weighted by Crippen LogP contribution is 2.29. The van der Waals surface area contributed by atoms with Gasteiger partial charge in [-0.2, -0.15) is 10.5 Å². The monoisotopic (exact) mass is 360 g/mol. The molecule has 3 nitrogen and oxygen atoms in total. The largest absolute Gasteiger partial charge is 0.489 e. The molecule has 0 N–H and O–H groups in total. The molecule has 4 rings (SSSR count). The van der Waals surface area contributed by atoms with E-state index in [0.29, 0.717) is 6.61 Å². The first kappa shape index (κ1) is 17.3. The quantitative estimate of drug-likeness (QED) is 0.331. The van der Waals surface area contributed by atoms with Crippen LogP contribution in [0, 0.1) is 22.7 Å². The topological polar surface area (TPSA) is 56.8 Å². The summed E-state index contributed by atoms with van der Waals surface area (Å²) in [4.78, 5) is 0. The van der Waals surface area contributed by atoms with Crippen LogP contribution >= 0.6 is 0 Å². The number of nitrogens with zero attached hydrogens (tertiary/aromatic N) is 2. The molecule has 0 aliphatic rings. The molecule has 0 radical (unpaired) electrons. The molecule has 0 fully saturated rings. The highest BCUT2D eigenvalue weighted by molar-refractivity contribution is 6.02. The molecule has 0 saturated carbocycles. The van der Waals surface area contributed by atoms with Crippen molar-refractivity contribution in [2.45, 2.75) is 6.61 Å². The number of ether oxygens (including phenoxy) is 1. The molecule has 4 aromatic rings. The third kappa shape index (κ3) is 3.43. The van der Waals surface area contributed by atoms with Crippen molar-refractivity contribution in [1.29, 1.82) is 10.5 Å². The zero-order valence-electron chi connectivity index (χ0n) is 15.1. The van der Waals surface area contributed by atoms with Crippen LogP contribution in [-0.4, -0.2) is 0 Å². The van der Waals surface area contributed by atoms with Crippen LogP contribution in [0.15, 0.2) is 84.4 Å². The highest BCUT2D eigenvalue weighted by atomic mass is 16.5. The number of nitriles is 2. The van der Waals surface area contributed by atoms with Crippen molar-refractivity contribution < 1.29 is 4.74 Å². The van der Waals surface area contributed by atoms with Gasteiger partial charge in [-0.15, -0.1) is 0 Å². The maximum Gasteiger partial charge on any atom is 0.130 e. The maximum atomic E-state index is 8.86. The van der Waals surface area contributed by atoms with E-state index in [1.54, 1.807) is 6.08 Å². The van der Waals surface area contributed by atoms with Crippen LogP contribution < -0.4 is 4.74 Å². The number of fused-ring (bicyclic) bond motifs is 2. The van der Waals surface area contributed by atoms with Crippen LogP contribution in [0.2, 0.25) is 0 Å². The lowest BCUT2D eigenvalue weighted by molar-refractivity contribution is 0.309. The first-order chi connectivity index (χ1) is 13.8. The van der Waals surface area contributed by atoms with Crippen molar-refractivity contribution in [3.63, 3.8) is 0 Å². The lowest BCUT2D eigenvalue weighted by Crippen LogP contribution is -1.98. The fraction of sp³-hybridized carbons (Fsp3) is 0.0400. The van der Waals surface area contributed by atoms with Gasteiger partial charge in [0.15, 0.2) is 0 Å². The zero-order chi connectivity index (χ0) is 19.3. The normalized spacial score (nSPS) is 10.2. The number of benzene rings is 4. The second-order valence-corrected chi connectivity index (χ2v) is 6.44. The van der Waals surface area contributed by atoms with E-state index in [-0.39, 0.29) is 5.57 Å². The van der Waals surface area contributed by atoms with Crippen molar-refractivity contribution >= 4 is 27.6 Å². The minimum atomic E-state index is 0.0795. The molecule has 28 heavy (non-hydrogen) atoms. The summed E-state index contributed by atoms with van der Waals surface area (Å²) in [7, 11) is 0. The van der Waals surface area contributed by atoms with Gasteiger partial charge in [0, 0.05) is 5.56 Å². The molecule has 0 aliphatic carbocycles. The number of hydrogen-bond acceptors (Lipinski definition) is 3. The van der Waals surface area contributed by atoms with Crippen molar-refractivity contribution in [2.75, 3.05) is 0 Å². The standard InChI is InChI=1S/C25H16N2O/c26-15-19(16-27)13-18-9-11-22(12-10-18)28-17-25-23-7-3-1-5-20(23)14-21-6-2-4-8-24(21)25/h1-14H,17H2. The van der Waals surface area contributed by atoms with Gasteiger partial charge >= 0.3 is 0 Å². The summed E-state index contributed by atoms with van der Waals surface area (Å²) in [5.74, 6) is 0.740. The number of rotatable bonds is 4. The van der Waals surface area contributed by atoms with E-state index >= 15 is 0 Å². The van der Waals surface area contributed by atoms with Crippen LogP contribution in [0.25, 0.3) is 27.6 Å². The molecule has 3 heteroatoms. The third-order valence-corrected chi connectivity index (χ3v) is 4.70. The molecule has 0 aliphatic heterocycles. The average Bonchev–Trinajstić information content (AvgIpc) is 2.75. The average molecular weight is 360 g/mol. The number of hydrogen-bond donors (Lipinski definition) is 0. The van der Waals surface area contributed by atoms with E-state index in [2.05, 4.69) is 30.3 Å². The summed E-state index contributed by atoms with van der Waals surface area (Å²) in [5, 5.41) is 22.5. The Morgan fingerprint density at radius 1 is 0.786 bits per heavy atom. The van der Waals surface area contributed by atoms with Gasteiger partial charge in [0.1, 0.15) is 30.1 Å². The van der Waals surface area contributed by atoms with Crippen LogP contribution in [0.4, 0.5) is 0 Å². The predicted octanol–water partition coefficient (Wildman–Crippen LogP) is 6.00. The van der Waals surface area contributed by atoms with E-state index in [9.17, 15) is 0 Å². The Morgan fingerprint density at radius 3 is 1.93 bits per heavy atom. The summed E-state index contributed by atoms with van der Waals surface area (Å²) in [6.07, 6.45) is 1.56. The van der Waals surface area contributed by atoms with Gasteiger partial charge in [0.2, 0.25) is 0 Å². The second kappa shape index (κ2) is 7.66. The minimum absolute atomic E-state index is 0.0795. The van der Waals surface area contributed by atoms with Gasteiger partial charge in [-0.25, -0.2) is 0 Å². The molecular formula is C25H16N2O. The van der Waals surface area contributed by atoms with Crippen LogP contribution in [0.5, 0.6) is 5.75 Å². The molecule has 0 atom stereocenters. The van der Waals surface area contributed by atoms with Crippen LogP contribution in [-0.2, 0) is 6.61 Å². The first-order valence-electron chi connectivity index (χ1n) is 8.92. The maximum absolute atomic E-state index is 8.86. The molecular weight excluding hydrogens is 344 g/mol. The Balaban J connectivity index is 1.65. The third-order valence-electron chi connectivity index (χ3n) is 4.70. The van der Waals surface area contributed by atoms with E-state index in [4.69, 9.17) is 15.3 Å². The molecule has 0 amide bonds. The molecule has 132 valence electrons. The van der Waals surface area contributed by atoms with Crippen LogP contribution in [0.1, 0.15) is 11.1 Å². The van der Waals surface area contributed by atoms with Gasteiger partial charge in [-0.3, -0.25) is 0 Å². The summed E-state index contributed by atoms with van der Waals surface area (Å²) < 4.78 is 6.07. The zero-order valence-corrected chi connectivity index (χ0v) is 15.1. The molecule has 0 saturated heterocycles. The highest BCUT2D eigenvalue weighted by Gasteiger charge is 2.08. The van der Waals surface area contributed by atoms with Gasteiger partial charge in [-0.05, 0) is 51.4 Å². The number of allylic oxidation sites excluding steroid dienone is 1. The predicted molar refractivity (Wildman–Crippen MR) is 111 cm³/mol. The van der Waals surface area contributed by atoms with Crippen molar-refractivity contribution in [1.82, 2.24) is 0 Å². The fourth-order valence-electron chi connectivity index (χ4n) is 3.34. The molecule has 0 bridgehead atoms. The Kier molecular flexibility index (Phi) is 4.74. The summed E-state index contributed by atoms with van der Waals surface area (Å²) in [5.41, 5.74) is 2.03. The molecule has 0 spiro atoms. The molecule has 0 aromatic heterocycles.